The Kier molecular flexibility index (Phi) is 6.76. The van der Waals surface area contributed by atoms with Crippen LogP contribution in [0.2, 0.25) is 0 Å². The van der Waals surface area contributed by atoms with Crippen molar-refractivity contribution in [3.8, 4) is 0 Å². The molecule has 0 saturated carbocycles. The number of aromatic nitrogens is 1. The maximum absolute atomic E-state index is 12.2. The number of hydrogen-bond donors (Lipinski definition) is 3. The van der Waals surface area contributed by atoms with Gasteiger partial charge in [0.05, 0.1) is 12.1 Å². The predicted octanol–water partition coefficient (Wildman–Crippen LogP) is 2.88. The van der Waals surface area contributed by atoms with E-state index in [1.54, 1.807) is 5.38 Å². The van der Waals surface area contributed by atoms with Crippen LogP contribution in [0.4, 0.5) is 10.8 Å². The molecular weight excluding hydrogens is 376 g/mol. The normalized spacial score (nSPS) is 15.9. The van der Waals surface area contributed by atoms with Gasteiger partial charge in [-0.1, -0.05) is 25.5 Å². The molecule has 7 nitrogen and oxygen atoms in total. The van der Waals surface area contributed by atoms with E-state index in [-0.39, 0.29) is 24.1 Å². The molecule has 1 unspecified atom stereocenters. The zero-order valence-corrected chi connectivity index (χ0v) is 16.6. The fraction of sp³-hybridized carbons (Fsp3) is 0.400. The summed E-state index contributed by atoms with van der Waals surface area (Å²) in [5.41, 5.74) is 2.61. The van der Waals surface area contributed by atoms with E-state index in [4.69, 9.17) is 0 Å². The molecule has 2 heterocycles. The Morgan fingerprint density at radius 1 is 1.25 bits per heavy atom. The first-order valence-corrected chi connectivity index (χ1v) is 10.3. The third kappa shape index (κ3) is 5.63. The molecule has 0 radical (unpaired) electrons. The average Bonchev–Trinajstić information content (AvgIpc) is 3.30. The van der Waals surface area contributed by atoms with Crippen LogP contribution in [0.25, 0.3) is 0 Å². The molecule has 1 aromatic heterocycles. The minimum absolute atomic E-state index is 0.116. The number of amides is 3. The maximum Gasteiger partial charge on any atom is 0.248 e. The lowest BCUT2D eigenvalue weighted by Gasteiger charge is -2.08. The van der Waals surface area contributed by atoms with Crippen molar-refractivity contribution >= 4 is 39.9 Å². The predicted molar refractivity (Wildman–Crippen MR) is 109 cm³/mol. The fourth-order valence-electron chi connectivity index (χ4n) is 2.95. The number of thiazole rings is 1. The molecule has 1 fully saturated rings. The van der Waals surface area contributed by atoms with E-state index >= 15 is 0 Å². The third-order valence-corrected chi connectivity index (χ3v) is 5.30. The van der Waals surface area contributed by atoms with Crippen LogP contribution in [0.15, 0.2) is 29.6 Å². The highest BCUT2D eigenvalue weighted by Gasteiger charge is 2.27. The molecular formula is C20H24N4O3S. The van der Waals surface area contributed by atoms with Crippen LogP contribution >= 0.6 is 11.3 Å². The molecule has 1 aliphatic heterocycles. The Hall–Kier alpha value is -2.74. The van der Waals surface area contributed by atoms with Crippen molar-refractivity contribution in [3.63, 3.8) is 0 Å². The molecule has 1 saturated heterocycles. The minimum Gasteiger partial charge on any atom is -0.344 e. The van der Waals surface area contributed by atoms with Gasteiger partial charge in [0.1, 0.15) is 6.04 Å². The van der Waals surface area contributed by atoms with Gasteiger partial charge in [-0.3, -0.25) is 14.4 Å². The number of aryl methyl sites for hydroxylation is 1. The Morgan fingerprint density at radius 2 is 2.04 bits per heavy atom. The number of rotatable bonds is 8. The molecule has 1 aromatic carbocycles. The number of anilines is 2. The lowest BCUT2D eigenvalue weighted by Crippen LogP contribution is -2.37. The van der Waals surface area contributed by atoms with Crippen molar-refractivity contribution in [2.75, 3.05) is 10.6 Å². The van der Waals surface area contributed by atoms with Gasteiger partial charge in [-0.2, -0.15) is 0 Å². The molecule has 148 valence electrons. The van der Waals surface area contributed by atoms with Gasteiger partial charge in [0.25, 0.3) is 0 Å². The van der Waals surface area contributed by atoms with Gasteiger partial charge in [-0.25, -0.2) is 4.98 Å². The molecule has 28 heavy (non-hydrogen) atoms. The maximum atomic E-state index is 12.2. The summed E-state index contributed by atoms with van der Waals surface area (Å²) in [4.78, 5) is 39.8. The van der Waals surface area contributed by atoms with Gasteiger partial charge >= 0.3 is 0 Å². The molecule has 3 N–H and O–H groups in total. The van der Waals surface area contributed by atoms with Crippen LogP contribution in [-0.4, -0.2) is 28.7 Å². The highest BCUT2D eigenvalue weighted by molar-refractivity contribution is 7.13. The topological polar surface area (TPSA) is 100 Å². The van der Waals surface area contributed by atoms with Gasteiger partial charge in [0, 0.05) is 17.5 Å². The number of benzene rings is 1. The number of hydrogen-bond acceptors (Lipinski definition) is 5. The van der Waals surface area contributed by atoms with Gasteiger partial charge in [-0.15, -0.1) is 11.3 Å². The van der Waals surface area contributed by atoms with E-state index in [0.717, 1.165) is 24.9 Å². The van der Waals surface area contributed by atoms with E-state index in [1.807, 2.05) is 24.3 Å². The SMILES string of the molecule is CCCCc1ccc(NC(=O)Cc2csc(NC(=O)C3CCC(=O)N3)n2)cc1. The zero-order chi connectivity index (χ0) is 19.9. The molecule has 2 aromatic rings. The highest BCUT2D eigenvalue weighted by atomic mass is 32.1. The summed E-state index contributed by atoms with van der Waals surface area (Å²) in [7, 11) is 0. The Labute approximate surface area is 167 Å². The largest absolute Gasteiger partial charge is 0.344 e. The van der Waals surface area contributed by atoms with Crippen LogP contribution in [0.1, 0.15) is 43.9 Å². The van der Waals surface area contributed by atoms with Crippen molar-refractivity contribution < 1.29 is 14.4 Å². The molecule has 0 spiro atoms. The summed E-state index contributed by atoms with van der Waals surface area (Å²) in [5.74, 6) is -0.554. The van der Waals surface area contributed by atoms with Gasteiger partial charge in [0.2, 0.25) is 17.7 Å². The van der Waals surface area contributed by atoms with Gasteiger partial charge in [-0.05, 0) is 37.0 Å². The summed E-state index contributed by atoms with van der Waals surface area (Å²) in [6.45, 7) is 2.16. The Bertz CT molecular complexity index is 847. The number of carbonyl (C=O) groups is 3. The summed E-state index contributed by atoms with van der Waals surface area (Å²) in [5, 5.41) is 10.3. The lowest BCUT2D eigenvalue weighted by molar-refractivity contribution is -0.122. The second kappa shape index (κ2) is 9.45. The fourth-order valence-corrected chi connectivity index (χ4v) is 3.67. The lowest BCUT2D eigenvalue weighted by atomic mass is 10.1. The van der Waals surface area contributed by atoms with Crippen LogP contribution in [0.3, 0.4) is 0 Å². The number of unbranched alkanes of at least 4 members (excludes halogenated alkanes) is 1. The molecule has 3 rings (SSSR count). The first kappa shape index (κ1) is 20.0. The quantitative estimate of drug-likeness (QED) is 0.634. The van der Waals surface area contributed by atoms with E-state index in [9.17, 15) is 14.4 Å². The van der Waals surface area contributed by atoms with Gasteiger partial charge < -0.3 is 16.0 Å². The van der Waals surface area contributed by atoms with Crippen LogP contribution < -0.4 is 16.0 Å². The van der Waals surface area contributed by atoms with Gasteiger partial charge in [0.15, 0.2) is 5.13 Å². The third-order valence-electron chi connectivity index (χ3n) is 4.49. The smallest absolute Gasteiger partial charge is 0.248 e. The first-order valence-electron chi connectivity index (χ1n) is 9.47. The molecule has 1 atom stereocenters. The summed E-state index contributed by atoms with van der Waals surface area (Å²) >= 11 is 1.26. The molecule has 8 heteroatoms. The van der Waals surface area contributed by atoms with Crippen LogP contribution in [0.5, 0.6) is 0 Å². The Balaban J connectivity index is 1.48. The second-order valence-corrected chi connectivity index (χ2v) is 7.68. The Morgan fingerprint density at radius 3 is 2.71 bits per heavy atom. The first-order chi connectivity index (χ1) is 13.5. The summed E-state index contributed by atoms with van der Waals surface area (Å²) in [6.07, 6.45) is 4.33. The van der Waals surface area contributed by atoms with Crippen molar-refractivity contribution in [1.82, 2.24) is 10.3 Å². The van der Waals surface area contributed by atoms with Crippen molar-refractivity contribution in [2.45, 2.75) is 51.5 Å². The van der Waals surface area contributed by atoms with E-state index in [0.29, 0.717) is 23.7 Å². The zero-order valence-electron chi connectivity index (χ0n) is 15.8. The second-order valence-electron chi connectivity index (χ2n) is 6.82. The van der Waals surface area contributed by atoms with Crippen molar-refractivity contribution in [3.05, 3.63) is 40.9 Å². The average molecular weight is 401 g/mol. The van der Waals surface area contributed by atoms with Crippen molar-refractivity contribution in [1.29, 1.82) is 0 Å². The monoisotopic (exact) mass is 400 g/mol. The van der Waals surface area contributed by atoms with Crippen molar-refractivity contribution in [2.24, 2.45) is 0 Å². The molecule has 0 aliphatic carbocycles. The number of nitrogens with one attached hydrogen (secondary N) is 3. The summed E-state index contributed by atoms with van der Waals surface area (Å²) < 4.78 is 0. The summed E-state index contributed by atoms with van der Waals surface area (Å²) in [6, 6.07) is 7.37. The minimum atomic E-state index is -0.511. The van der Waals surface area contributed by atoms with Crippen LogP contribution in [0, 0.1) is 0 Å². The van der Waals surface area contributed by atoms with Crippen LogP contribution in [-0.2, 0) is 27.2 Å². The number of nitrogens with zero attached hydrogens (tertiary/aromatic N) is 1. The molecule has 1 aliphatic rings. The standard InChI is InChI=1S/C20H24N4O3S/c1-2-3-4-13-5-7-14(8-6-13)21-18(26)11-15-12-28-20(22-15)24-19(27)16-9-10-17(25)23-16/h5-8,12,16H,2-4,9-11H2,1H3,(H,21,26)(H,23,25)(H,22,24,27). The highest BCUT2D eigenvalue weighted by Crippen LogP contribution is 2.18. The molecule has 0 bridgehead atoms. The number of carbonyl (C=O) groups excluding carboxylic acids is 3. The van der Waals surface area contributed by atoms with E-state index in [1.165, 1.54) is 16.9 Å². The molecule has 3 amide bonds. The van der Waals surface area contributed by atoms with E-state index in [2.05, 4.69) is 27.9 Å². The van der Waals surface area contributed by atoms with E-state index < -0.39 is 6.04 Å².